The van der Waals surface area contributed by atoms with Gasteiger partial charge < -0.3 is 24.8 Å². The Morgan fingerprint density at radius 3 is 2.22 bits per heavy atom. The topological polar surface area (TPSA) is 80.1 Å². The summed E-state index contributed by atoms with van der Waals surface area (Å²) in [5.41, 5.74) is 5.03. The van der Waals surface area contributed by atoms with Crippen LogP contribution in [-0.4, -0.2) is 45.8 Å². The van der Waals surface area contributed by atoms with Crippen LogP contribution >= 0.6 is 0 Å². The number of benzene rings is 2. The van der Waals surface area contributed by atoms with Gasteiger partial charge in [-0.25, -0.2) is 9.97 Å². The highest BCUT2D eigenvalue weighted by molar-refractivity contribution is 5.63. The molecule has 1 aliphatic rings. The Hall–Kier alpha value is -3.91. The summed E-state index contributed by atoms with van der Waals surface area (Å²) in [5, 5.41) is 6.67. The van der Waals surface area contributed by atoms with Crippen molar-refractivity contribution in [3.8, 4) is 5.69 Å². The monoisotopic (exact) mass is 427 g/mol. The third-order valence-corrected chi connectivity index (χ3v) is 5.30. The van der Waals surface area contributed by atoms with Crippen LogP contribution in [0.4, 0.5) is 28.8 Å². The van der Waals surface area contributed by atoms with Crippen molar-refractivity contribution >= 4 is 28.8 Å². The Kier molecular flexibility index (Phi) is 5.67. The molecule has 0 unspecified atom stereocenters. The summed E-state index contributed by atoms with van der Waals surface area (Å²) in [6.07, 6.45) is 5.45. The maximum absolute atomic E-state index is 5.43. The SMILES string of the molecule is Cc1cc(Nc2ccc(N3CCOCC3)cc2)nc(Nc2ccc(-n3ccnc3)cc2)n1. The van der Waals surface area contributed by atoms with E-state index < -0.39 is 0 Å². The summed E-state index contributed by atoms with van der Waals surface area (Å²) in [5.74, 6) is 1.29. The Labute approximate surface area is 186 Å². The fourth-order valence-corrected chi connectivity index (χ4v) is 3.67. The van der Waals surface area contributed by atoms with E-state index in [-0.39, 0.29) is 0 Å². The molecule has 32 heavy (non-hydrogen) atoms. The first-order chi connectivity index (χ1) is 15.7. The van der Waals surface area contributed by atoms with Crippen molar-refractivity contribution in [3.05, 3.63) is 79.0 Å². The molecular weight excluding hydrogens is 402 g/mol. The molecule has 8 nitrogen and oxygen atoms in total. The summed E-state index contributed by atoms with van der Waals surface area (Å²) < 4.78 is 7.39. The Bertz CT molecular complexity index is 1150. The van der Waals surface area contributed by atoms with Crippen molar-refractivity contribution < 1.29 is 4.74 Å². The van der Waals surface area contributed by atoms with Gasteiger partial charge in [-0.2, -0.15) is 4.98 Å². The van der Waals surface area contributed by atoms with Crippen LogP contribution in [0, 0.1) is 6.92 Å². The molecule has 1 saturated heterocycles. The van der Waals surface area contributed by atoms with E-state index in [9.17, 15) is 0 Å². The van der Waals surface area contributed by atoms with E-state index in [1.807, 2.05) is 48.0 Å². The summed E-state index contributed by atoms with van der Waals surface area (Å²) >= 11 is 0. The highest BCUT2D eigenvalue weighted by atomic mass is 16.5. The first-order valence-electron chi connectivity index (χ1n) is 10.6. The molecule has 5 rings (SSSR count). The van der Waals surface area contributed by atoms with Crippen LogP contribution in [0.2, 0.25) is 0 Å². The van der Waals surface area contributed by atoms with Crippen molar-refractivity contribution in [2.24, 2.45) is 0 Å². The van der Waals surface area contributed by atoms with Crippen LogP contribution in [-0.2, 0) is 4.74 Å². The standard InChI is InChI=1S/C24H25N7O/c1-18-16-23(27-19-2-6-21(7-3-19)30-12-14-32-15-13-30)29-24(26-18)28-20-4-8-22(9-5-20)31-11-10-25-17-31/h2-11,16-17H,12-15H2,1H3,(H2,26,27,28,29). The van der Waals surface area contributed by atoms with Gasteiger partial charge in [0.05, 0.1) is 19.5 Å². The van der Waals surface area contributed by atoms with Gasteiger partial charge in [-0.1, -0.05) is 0 Å². The average Bonchev–Trinajstić information content (AvgIpc) is 3.35. The molecule has 4 aromatic rings. The molecule has 2 N–H and O–H groups in total. The second-order valence-electron chi connectivity index (χ2n) is 7.63. The summed E-state index contributed by atoms with van der Waals surface area (Å²) in [6, 6.07) is 18.4. The fraction of sp³-hybridized carbons (Fsp3) is 0.208. The van der Waals surface area contributed by atoms with Crippen molar-refractivity contribution in [2.75, 3.05) is 41.8 Å². The molecule has 1 aliphatic heterocycles. The van der Waals surface area contributed by atoms with Gasteiger partial charge in [0.15, 0.2) is 0 Å². The molecule has 0 atom stereocenters. The van der Waals surface area contributed by atoms with E-state index in [2.05, 4.69) is 54.8 Å². The Morgan fingerprint density at radius 2 is 1.53 bits per heavy atom. The van der Waals surface area contributed by atoms with Gasteiger partial charge in [0, 0.05) is 60.0 Å². The van der Waals surface area contributed by atoms with E-state index in [0.717, 1.165) is 54.9 Å². The molecule has 1 fully saturated rings. The van der Waals surface area contributed by atoms with Gasteiger partial charge in [-0.15, -0.1) is 0 Å². The van der Waals surface area contributed by atoms with Gasteiger partial charge in [-0.3, -0.25) is 0 Å². The average molecular weight is 428 g/mol. The first-order valence-corrected chi connectivity index (χ1v) is 10.6. The van der Waals surface area contributed by atoms with Crippen LogP contribution in [0.5, 0.6) is 0 Å². The fourth-order valence-electron chi connectivity index (χ4n) is 3.67. The largest absolute Gasteiger partial charge is 0.378 e. The van der Waals surface area contributed by atoms with Crippen molar-refractivity contribution in [3.63, 3.8) is 0 Å². The second kappa shape index (κ2) is 9.07. The van der Waals surface area contributed by atoms with Crippen LogP contribution in [0.1, 0.15) is 5.69 Å². The number of anilines is 5. The molecule has 2 aromatic heterocycles. The summed E-state index contributed by atoms with van der Waals surface area (Å²) in [6.45, 7) is 5.37. The number of nitrogens with zero attached hydrogens (tertiary/aromatic N) is 5. The third kappa shape index (κ3) is 4.70. The molecule has 0 saturated carbocycles. The zero-order valence-electron chi connectivity index (χ0n) is 17.9. The van der Waals surface area contributed by atoms with E-state index in [1.165, 1.54) is 5.69 Å². The van der Waals surface area contributed by atoms with Crippen molar-refractivity contribution in [1.29, 1.82) is 0 Å². The van der Waals surface area contributed by atoms with E-state index >= 15 is 0 Å². The summed E-state index contributed by atoms with van der Waals surface area (Å²) in [7, 11) is 0. The molecule has 0 spiro atoms. The van der Waals surface area contributed by atoms with Gasteiger partial charge in [0.1, 0.15) is 5.82 Å². The lowest BCUT2D eigenvalue weighted by atomic mass is 10.2. The number of aryl methyl sites for hydroxylation is 1. The number of ether oxygens (including phenoxy) is 1. The second-order valence-corrected chi connectivity index (χ2v) is 7.63. The zero-order chi connectivity index (χ0) is 21.8. The molecule has 0 radical (unpaired) electrons. The van der Waals surface area contributed by atoms with Gasteiger partial charge in [-0.05, 0) is 55.5 Å². The van der Waals surface area contributed by atoms with Crippen LogP contribution in [0.25, 0.3) is 5.69 Å². The molecule has 0 bridgehead atoms. The maximum Gasteiger partial charge on any atom is 0.229 e. The highest BCUT2D eigenvalue weighted by Crippen LogP contribution is 2.23. The normalized spacial score (nSPS) is 13.7. The predicted molar refractivity (Wildman–Crippen MR) is 126 cm³/mol. The Balaban J connectivity index is 1.27. The highest BCUT2D eigenvalue weighted by Gasteiger charge is 2.11. The minimum absolute atomic E-state index is 0.549. The van der Waals surface area contributed by atoms with Gasteiger partial charge >= 0.3 is 0 Å². The lowest BCUT2D eigenvalue weighted by Crippen LogP contribution is -2.36. The molecular formula is C24H25N7O. The zero-order valence-corrected chi connectivity index (χ0v) is 17.9. The van der Waals surface area contributed by atoms with Crippen LogP contribution in [0.15, 0.2) is 73.3 Å². The number of imidazole rings is 1. The van der Waals surface area contributed by atoms with Gasteiger partial charge in [0.25, 0.3) is 0 Å². The lowest BCUT2D eigenvalue weighted by molar-refractivity contribution is 0.122. The van der Waals surface area contributed by atoms with Crippen molar-refractivity contribution in [2.45, 2.75) is 6.92 Å². The minimum atomic E-state index is 0.549. The minimum Gasteiger partial charge on any atom is -0.378 e. The molecule has 8 heteroatoms. The number of hydrogen-bond donors (Lipinski definition) is 2. The quantitative estimate of drug-likeness (QED) is 0.475. The number of nitrogens with one attached hydrogen (secondary N) is 2. The molecule has 3 heterocycles. The number of rotatable bonds is 6. The van der Waals surface area contributed by atoms with Crippen LogP contribution in [0.3, 0.4) is 0 Å². The van der Waals surface area contributed by atoms with E-state index in [1.54, 1.807) is 12.5 Å². The van der Waals surface area contributed by atoms with Crippen molar-refractivity contribution in [1.82, 2.24) is 19.5 Å². The lowest BCUT2D eigenvalue weighted by Gasteiger charge is -2.28. The molecule has 162 valence electrons. The number of morpholine rings is 1. The van der Waals surface area contributed by atoms with Crippen LogP contribution < -0.4 is 15.5 Å². The number of aromatic nitrogens is 4. The molecule has 2 aromatic carbocycles. The smallest absolute Gasteiger partial charge is 0.229 e. The maximum atomic E-state index is 5.43. The third-order valence-electron chi connectivity index (χ3n) is 5.30. The first kappa shape index (κ1) is 20.0. The predicted octanol–water partition coefficient (Wildman–Crippen LogP) is 4.29. The Morgan fingerprint density at radius 1 is 0.844 bits per heavy atom. The van der Waals surface area contributed by atoms with E-state index in [0.29, 0.717) is 5.95 Å². The molecule has 0 aliphatic carbocycles. The van der Waals surface area contributed by atoms with Gasteiger partial charge in [0.2, 0.25) is 5.95 Å². The number of hydrogen-bond acceptors (Lipinski definition) is 7. The summed E-state index contributed by atoms with van der Waals surface area (Å²) in [4.78, 5) is 15.6. The van der Waals surface area contributed by atoms with E-state index in [4.69, 9.17) is 4.74 Å². The molecule has 0 amide bonds.